The molecule has 0 aromatic carbocycles. The number of nitrogens with two attached hydrogens (primary N) is 1. The second kappa shape index (κ2) is 10.2. The van der Waals surface area contributed by atoms with Crippen LogP contribution in [0.3, 0.4) is 0 Å². The van der Waals surface area contributed by atoms with Crippen LogP contribution in [0.25, 0.3) is 0 Å². The molecule has 3 N–H and O–H groups in total. The highest BCUT2D eigenvalue weighted by molar-refractivity contribution is 5.85. The number of likely N-dealkylation sites (N-methyl/N-ethyl adjacent to an activating group) is 1. The minimum atomic E-state index is -0.341. The smallest absolute Gasteiger partial charge is 0.236 e. The van der Waals surface area contributed by atoms with Crippen LogP contribution >= 0.6 is 12.4 Å². The fourth-order valence-electron chi connectivity index (χ4n) is 1.10. The molecule has 0 spiro atoms. The SMILES string of the molecule is CCCC(N)C(=O)NCCN(C)CC.Cl. The Morgan fingerprint density at radius 2 is 2.07 bits per heavy atom. The van der Waals surface area contributed by atoms with E-state index in [0.717, 1.165) is 25.9 Å². The second-order valence-electron chi connectivity index (χ2n) is 3.58. The normalized spacial score (nSPS) is 12.1. The molecule has 0 aromatic heterocycles. The fraction of sp³-hybridized carbons (Fsp3) is 0.900. The first-order chi connectivity index (χ1) is 6.61. The number of hydrogen-bond donors (Lipinski definition) is 2. The number of amides is 1. The Hall–Kier alpha value is -0.320. The average molecular weight is 238 g/mol. The number of carbonyl (C=O) groups is 1. The van der Waals surface area contributed by atoms with Crippen LogP contribution in [0.1, 0.15) is 26.7 Å². The molecule has 0 heterocycles. The molecule has 0 saturated heterocycles. The number of rotatable bonds is 7. The average Bonchev–Trinajstić information content (AvgIpc) is 2.17. The summed E-state index contributed by atoms with van der Waals surface area (Å²) in [6.07, 6.45) is 1.71. The standard InChI is InChI=1S/C10H23N3O.ClH/c1-4-6-9(11)10(14)12-7-8-13(3)5-2;/h9H,4-8,11H2,1-3H3,(H,12,14);1H. The van der Waals surface area contributed by atoms with E-state index in [1.807, 2.05) is 14.0 Å². The first-order valence-electron chi connectivity index (χ1n) is 5.33. The summed E-state index contributed by atoms with van der Waals surface area (Å²) in [5, 5.41) is 2.83. The van der Waals surface area contributed by atoms with Crippen LogP contribution in [0.4, 0.5) is 0 Å². The summed E-state index contributed by atoms with van der Waals surface area (Å²) in [6.45, 7) is 6.67. The molecule has 0 aromatic rings. The predicted molar refractivity (Wildman–Crippen MR) is 66.3 cm³/mol. The van der Waals surface area contributed by atoms with E-state index in [1.54, 1.807) is 0 Å². The van der Waals surface area contributed by atoms with E-state index >= 15 is 0 Å². The number of carbonyl (C=O) groups excluding carboxylic acids is 1. The van der Waals surface area contributed by atoms with Crippen molar-refractivity contribution in [1.29, 1.82) is 0 Å². The molecule has 4 nitrogen and oxygen atoms in total. The van der Waals surface area contributed by atoms with Crippen molar-refractivity contribution in [2.45, 2.75) is 32.7 Å². The molecule has 0 aliphatic rings. The summed E-state index contributed by atoms with van der Waals surface area (Å²) >= 11 is 0. The molecule has 1 amide bonds. The Balaban J connectivity index is 0. The Labute approximate surface area is 99.0 Å². The minimum Gasteiger partial charge on any atom is -0.353 e. The van der Waals surface area contributed by atoms with Crippen molar-refractivity contribution in [1.82, 2.24) is 10.2 Å². The lowest BCUT2D eigenvalue weighted by Gasteiger charge is -2.15. The van der Waals surface area contributed by atoms with Gasteiger partial charge in [0.15, 0.2) is 0 Å². The zero-order valence-corrected chi connectivity index (χ0v) is 10.8. The molecule has 15 heavy (non-hydrogen) atoms. The topological polar surface area (TPSA) is 58.4 Å². The molecule has 5 heteroatoms. The third kappa shape index (κ3) is 8.66. The molecular formula is C10H24ClN3O. The van der Waals surface area contributed by atoms with Crippen LogP contribution in [-0.4, -0.2) is 43.5 Å². The molecule has 0 rings (SSSR count). The quantitative estimate of drug-likeness (QED) is 0.682. The van der Waals surface area contributed by atoms with Gasteiger partial charge in [-0.2, -0.15) is 0 Å². The van der Waals surface area contributed by atoms with Crippen LogP contribution in [0.15, 0.2) is 0 Å². The lowest BCUT2D eigenvalue weighted by atomic mass is 10.2. The fourth-order valence-corrected chi connectivity index (χ4v) is 1.10. The maximum absolute atomic E-state index is 11.3. The van der Waals surface area contributed by atoms with Crippen molar-refractivity contribution in [3.05, 3.63) is 0 Å². The molecule has 1 unspecified atom stereocenters. The molecule has 0 radical (unpaired) electrons. The molecule has 0 fully saturated rings. The number of nitrogens with one attached hydrogen (secondary N) is 1. The van der Waals surface area contributed by atoms with Crippen LogP contribution < -0.4 is 11.1 Å². The first kappa shape index (κ1) is 17.1. The van der Waals surface area contributed by atoms with E-state index in [-0.39, 0.29) is 24.4 Å². The number of halogens is 1. The molecule has 0 saturated carbocycles. The van der Waals surface area contributed by atoms with Crippen molar-refractivity contribution in [3.8, 4) is 0 Å². The zero-order valence-electron chi connectivity index (χ0n) is 9.95. The van der Waals surface area contributed by atoms with Crippen molar-refractivity contribution in [3.63, 3.8) is 0 Å². The van der Waals surface area contributed by atoms with Crippen molar-refractivity contribution in [2.24, 2.45) is 5.73 Å². The molecular weight excluding hydrogens is 214 g/mol. The van der Waals surface area contributed by atoms with Crippen LogP contribution in [-0.2, 0) is 4.79 Å². The van der Waals surface area contributed by atoms with Crippen molar-refractivity contribution < 1.29 is 4.79 Å². The molecule has 0 bridgehead atoms. The predicted octanol–water partition coefficient (Wildman–Crippen LogP) is 0.604. The molecule has 1 atom stereocenters. The third-order valence-corrected chi connectivity index (χ3v) is 2.27. The van der Waals surface area contributed by atoms with E-state index in [0.29, 0.717) is 6.54 Å². The Bertz CT molecular complexity index is 167. The van der Waals surface area contributed by atoms with E-state index in [9.17, 15) is 4.79 Å². The van der Waals surface area contributed by atoms with Crippen molar-refractivity contribution in [2.75, 3.05) is 26.7 Å². The first-order valence-corrected chi connectivity index (χ1v) is 5.33. The van der Waals surface area contributed by atoms with Gasteiger partial charge in [-0.05, 0) is 20.0 Å². The van der Waals surface area contributed by atoms with Crippen LogP contribution in [0, 0.1) is 0 Å². The van der Waals surface area contributed by atoms with E-state index < -0.39 is 0 Å². The van der Waals surface area contributed by atoms with Gasteiger partial charge in [-0.1, -0.05) is 20.3 Å². The molecule has 0 aliphatic carbocycles. The summed E-state index contributed by atoms with van der Waals surface area (Å²) in [7, 11) is 2.03. The van der Waals surface area contributed by atoms with Gasteiger partial charge in [0.25, 0.3) is 0 Å². The lowest BCUT2D eigenvalue weighted by molar-refractivity contribution is -0.122. The summed E-state index contributed by atoms with van der Waals surface area (Å²) in [5.74, 6) is -0.0312. The number of hydrogen-bond acceptors (Lipinski definition) is 3. The van der Waals surface area contributed by atoms with Gasteiger partial charge in [0, 0.05) is 13.1 Å². The maximum atomic E-state index is 11.3. The highest BCUT2D eigenvalue weighted by Gasteiger charge is 2.10. The largest absolute Gasteiger partial charge is 0.353 e. The highest BCUT2D eigenvalue weighted by Crippen LogP contribution is 1.92. The number of nitrogens with zero attached hydrogens (tertiary/aromatic N) is 1. The minimum absolute atomic E-state index is 0. The van der Waals surface area contributed by atoms with Gasteiger partial charge in [0.05, 0.1) is 6.04 Å². The van der Waals surface area contributed by atoms with Crippen LogP contribution in [0.5, 0.6) is 0 Å². The lowest BCUT2D eigenvalue weighted by Crippen LogP contribution is -2.43. The third-order valence-electron chi connectivity index (χ3n) is 2.27. The van der Waals surface area contributed by atoms with E-state index in [1.165, 1.54) is 0 Å². The Morgan fingerprint density at radius 1 is 1.47 bits per heavy atom. The molecule has 92 valence electrons. The summed E-state index contributed by atoms with van der Waals surface area (Å²) in [4.78, 5) is 13.5. The Kier molecular flexibility index (Phi) is 11.6. The van der Waals surface area contributed by atoms with Gasteiger partial charge in [-0.15, -0.1) is 12.4 Å². The summed E-state index contributed by atoms with van der Waals surface area (Å²) in [6, 6.07) is -0.341. The maximum Gasteiger partial charge on any atom is 0.236 e. The summed E-state index contributed by atoms with van der Waals surface area (Å²) < 4.78 is 0. The Morgan fingerprint density at radius 3 is 2.53 bits per heavy atom. The van der Waals surface area contributed by atoms with Gasteiger partial charge in [0.2, 0.25) is 5.91 Å². The second-order valence-corrected chi connectivity index (χ2v) is 3.58. The van der Waals surface area contributed by atoms with Gasteiger partial charge in [-0.25, -0.2) is 0 Å². The van der Waals surface area contributed by atoms with Crippen molar-refractivity contribution >= 4 is 18.3 Å². The van der Waals surface area contributed by atoms with Gasteiger partial charge in [0.1, 0.15) is 0 Å². The van der Waals surface area contributed by atoms with Gasteiger partial charge in [-0.3, -0.25) is 4.79 Å². The molecule has 0 aliphatic heterocycles. The van der Waals surface area contributed by atoms with E-state index in [2.05, 4.69) is 17.1 Å². The van der Waals surface area contributed by atoms with Gasteiger partial charge >= 0.3 is 0 Å². The van der Waals surface area contributed by atoms with Crippen LogP contribution in [0.2, 0.25) is 0 Å². The zero-order chi connectivity index (χ0) is 11.0. The van der Waals surface area contributed by atoms with Gasteiger partial charge < -0.3 is 16.0 Å². The monoisotopic (exact) mass is 237 g/mol. The summed E-state index contributed by atoms with van der Waals surface area (Å²) in [5.41, 5.74) is 5.65. The highest BCUT2D eigenvalue weighted by atomic mass is 35.5. The van der Waals surface area contributed by atoms with E-state index in [4.69, 9.17) is 5.73 Å².